The molecule has 1 saturated carbocycles. The van der Waals surface area contributed by atoms with Crippen molar-refractivity contribution in [3.05, 3.63) is 86.4 Å². The molecule has 34 heavy (non-hydrogen) atoms. The lowest BCUT2D eigenvalue weighted by atomic mass is 9.90. The fourth-order valence-electron chi connectivity index (χ4n) is 3.87. The molecule has 2 amide bonds. The second kappa shape index (κ2) is 10.9. The van der Waals surface area contributed by atoms with Gasteiger partial charge in [-0.3, -0.25) is 19.7 Å². The predicted molar refractivity (Wildman–Crippen MR) is 127 cm³/mol. The summed E-state index contributed by atoms with van der Waals surface area (Å²) < 4.78 is 5.69. The number of hydrogen-bond donors (Lipinski definition) is 2. The van der Waals surface area contributed by atoms with Crippen molar-refractivity contribution in [3.63, 3.8) is 0 Å². The summed E-state index contributed by atoms with van der Waals surface area (Å²) >= 11 is 1.35. The zero-order valence-electron chi connectivity index (χ0n) is 18.3. The molecule has 0 aliphatic heterocycles. The van der Waals surface area contributed by atoms with Crippen LogP contribution < -0.4 is 15.4 Å². The fraction of sp³-hybridized carbons (Fsp3) is 0.292. The maximum atomic E-state index is 12.8. The molecule has 176 valence electrons. The molecule has 1 aliphatic carbocycles. The van der Waals surface area contributed by atoms with Crippen LogP contribution in [0.2, 0.25) is 0 Å². The van der Waals surface area contributed by atoms with Crippen molar-refractivity contribution < 1.29 is 19.2 Å². The molecule has 0 radical (unpaired) electrons. The highest BCUT2D eigenvalue weighted by Crippen LogP contribution is 2.21. The summed E-state index contributed by atoms with van der Waals surface area (Å²) in [6, 6.07) is 14.5. The number of aromatic nitrogens is 1. The molecule has 0 spiro atoms. The van der Waals surface area contributed by atoms with E-state index in [9.17, 15) is 19.7 Å². The Morgan fingerprint density at radius 2 is 1.74 bits per heavy atom. The minimum Gasteiger partial charge on any atom is -0.486 e. The molecule has 1 fully saturated rings. The molecular formula is C24H24N4O5S. The fourth-order valence-corrected chi connectivity index (χ4v) is 4.56. The first kappa shape index (κ1) is 23.4. The van der Waals surface area contributed by atoms with E-state index in [2.05, 4.69) is 15.6 Å². The summed E-state index contributed by atoms with van der Waals surface area (Å²) in [5.74, 6) is 0.0285. The van der Waals surface area contributed by atoms with Crippen LogP contribution in [0.15, 0.2) is 60.0 Å². The Morgan fingerprint density at radius 3 is 2.44 bits per heavy atom. The van der Waals surface area contributed by atoms with E-state index in [1.54, 1.807) is 5.38 Å². The summed E-state index contributed by atoms with van der Waals surface area (Å²) in [6.45, 7) is 0.271. The number of benzene rings is 2. The van der Waals surface area contributed by atoms with Crippen molar-refractivity contribution in [2.24, 2.45) is 0 Å². The zero-order chi connectivity index (χ0) is 23.9. The van der Waals surface area contributed by atoms with Gasteiger partial charge < -0.3 is 15.4 Å². The van der Waals surface area contributed by atoms with Gasteiger partial charge in [-0.1, -0.05) is 37.1 Å². The first-order valence-corrected chi connectivity index (χ1v) is 11.9. The number of nitro benzene ring substituents is 1. The maximum absolute atomic E-state index is 12.8. The Hall–Kier alpha value is -3.79. The van der Waals surface area contributed by atoms with Crippen LogP contribution in [0.25, 0.3) is 0 Å². The molecule has 0 saturated heterocycles. The Bertz CT molecular complexity index is 1170. The van der Waals surface area contributed by atoms with Crippen molar-refractivity contribution in [2.45, 2.75) is 44.4 Å². The van der Waals surface area contributed by atoms with Crippen LogP contribution in [0.5, 0.6) is 5.75 Å². The van der Waals surface area contributed by atoms with E-state index in [0.29, 0.717) is 17.1 Å². The molecule has 4 rings (SSSR count). The normalized spacial score (nSPS) is 17.5. The Morgan fingerprint density at radius 1 is 1.03 bits per heavy atom. The van der Waals surface area contributed by atoms with Gasteiger partial charge in [-0.25, -0.2) is 4.98 Å². The van der Waals surface area contributed by atoms with Crippen molar-refractivity contribution >= 4 is 28.8 Å². The Balaban J connectivity index is 1.36. The molecule has 1 heterocycles. The number of carbonyl (C=O) groups is 2. The average Bonchev–Trinajstić information content (AvgIpc) is 3.34. The molecular weight excluding hydrogens is 456 g/mol. The number of para-hydroxylation sites is 1. The highest BCUT2D eigenvalue weighted by Gasteiger charge is 2.29. The summed E-state index contributed by atoms with van der Waals surface area (Å²) in [4.78, 5) is 40.4. The Kier molecular flexibility index (Phi) is 7.48. The topological polar surface area (TPSA) is 123 Å². The van der Waals surface area contributed by atoms with Gasteiger partial charge in [-0.2, -0.15) is 0 Å². The molecule has 2 atom stereocenters. The number of nitro groups is 1. The number of nitrogens with zero attached hydrogens (tertiary/aromatic N) is 2. The van der Waals surface area contributed by atoms with E-state index in [1.807, 2.05) is 30.3 Å². The minimum atomic E-state index is -0.534. The summed E-state index contributed by atoms with van der Waals surface area (Å²) in [5, 5.41) is 19.3. The van der Waals surface area contributed by atoms with Crippen molar-refractivity contribution in [1.82, 2.24) is 15.6 Å². The zero-order valence-corrected chi connectivity index (χ0v) is 19.1. The second-order valence-electron chi connectivity index (χ2n) is 7.98. The SMILES string of the molecule is O=C(N[C@@H]1CCCC[C@@H]1NC(=O)c1csc(COc2ccccc2)n1)c1cccc([N+](=O)[O-])c1. The van der Waals surface area contributed by atoms with Gasteiger partial charge in [-0.15, -0.1) is 11.3 Å². The van der Waals surface area contributed by atoms with Gasteiger partial charge in [0.15, 0.2) is 0 Å². The van der Waals surface area contributed by atoms with Crippen LogP contribution in [0, 0.1) is 10.1 Å². The first-order chi connectivity index (χ1) is 16.5. The van der Waals surface area contributed by atoms with E-state index < -0.39 is 10.8 Å². The third-order valence-electron chi connectivity index (χ3n) is 5.61. The number of rotatable bonds is 8. The summed E-state index contributed by atoms with van der Waals surface area (Å²) in [6.07, 6.45) is 3.28. The lowest BCUT2D eigenvalue weighted by Gasteiger charge is -2.32. The van der Waals surface area contributed by atoms with Crippen LogP contribution in [0.3, 0.4) is 0 Å². The number of amides is 2. The van der Waals surface area contributed by atoms with Gasteiger partial charge in [0, 0.05) is 35.2 Å². The largest absolute Gasteiger partial charge is 0.486 e. The van der Waals surface area contributed by atoms with E-state index in [1.165, 1.54) is 35.6 Å². The number of hydrogen-bond acceptors (Lipinski definition) is 7. The Labute approximate surface area is 200 Å². The van der Waals surface area contributed by atoms with Gasteiger partial charge in [0.05, 0.1) is 4.92 Å². The van der Waals surface area contributed by atoms with E-state index >= 15 is 0 Å². The lowest BCUT2D eigenvalue weighted by molar-refractivity contribution is -0.384. The third kappa shape index (κ3) is 5.96. The molecule has 1 aliphatic rings. The number of carbonyl (C=O) groups excluding carboxylic acids is 2. The van der Waals surface area contributed by atoms with E-state index in [0.717, 1.165) is 25.0 Å². The van der Waals surface area contributed by atoms with Crippen LogP contribution in [0.4, 0.5) is 5.69 Å². The van der Waals surface area contributed by atoms with Crippen molar-refractivity contribution in [2.75, 3.05) is 0 Å². The van der Waals surface area contributed by atoms with Gasteiger partial charge in [0.1, 0.15) is 23.1 Å². The summed E-state index contributed by atoms with van der Waals surface area (Å²) in [5.41, 5.74) is 0.384. The minimum absolute atomic E-state index is 0.142. The van der Waals surface area contributed by atoms with Crippen LogP contribution in [-0.2, 0) is 6.61 Å². The average molecular weight is 481 g/mol. The van der Waals surface area contributed by atoms with Crippen LogP contribution >= 0.6 is 11.3 Å². The second-order valence-corrected chi connectivity index (χ2v) is 8.92. The quantitative estimate of drug-likeness (QED) is 0.370. The van der Waals surface area contributed by atoms with Gasteiger partial charge in [-0.05, 0) is 31.0 Å². The molecule has 9 nitrogen and oxygen atoms in total. The van der Waals surface area contributed by atoms with Crippen LogP contribution in [-0.4, -0.2) is 33.8 Å². The highest BCUT2D eigenvalue weighted by molar-refractivity contribution is 7.09. The highest BCUT2D eigenvalue weighted by atomic mass is 32.1. The molecule has 0 unspecified atom stereocenters. The van der Waals surface area contributed by atoms with Gasteiger partial charge in [0.2, 0.25) is 0 Å². The monoisotopic (exact) mass is 480 g/mol. The van der Waals surface area contributed by atoms with Crippen molar-refractivity contribution in [1.29, 1.82) is 0 Å². The van der Waals surface area contributed by atoms with Gasteiger partial charge in [0.25, 0.3) is 17.5 Å². The molecule has 10 heteroatoms. The third-order valence-corrected chi connectivity index (χ3v) is 6.43. The number of nitrogens with one attached hydrogen (secondary N) is 2. The number of non-ortho nitro benzene ring substituents is 1. The maximum Gasteiger partial charge on any atom is 0.271 e. The smallest absolute Gasteiger partial charge is 0.271 e. The predicted octanol–water partition coefficient (Wildman–Crippen LogP) is 4.10. The molecule has 1 aromatic heterocycles. The standard InChI is InChI=1S/C24H24N4O5S/c29-23(16-7-6-8-17(13-16)28(31)32)26-19-11-4-5-12-20(19)27-24(30)21-15-34-22(25-21)14-33-18-9-2-1-3-10-18/h1-3,6-10,13,15,19-20H,4-5,11-12,14H2,(H,26,29)(H,27,30)/t19-,20+/m1/s1. The lowest BCUT2D eigenvalue weighted by Crippen LogP contribution is -2.53. The first-order valence-electron chi connectivity index (χ1n) is 11.0. The van der Waals surface area contributed by atoms with Crippen LogP contribution in [0.1, 0.15) is 51.5 Å². The number of thiazole rings is 1. The molecule has 2 N–H and O–H groups in total. The van der Waals surface area contributed by atoms with Gasteiger partial charge >= 0.3 is 0 Å². The van der Waals surface area contributed by atoms with E-state index in [-0.39, 0.29) is 35.8 Å². The van der Waals surface area contributed by atoms with E-state index in [4.69, 9.17) is 4.74 Å². The number of ether oxygens (including phenoxy) is 1. The molecule has 3 aromatic rings. The molecule has 0 bridgehead atoms. The van der Waals surface area contributed by atoms with Crippen molar-refractivity contribution in [3.8, 4) is 5.75 Å². The summed E-state index contributed by atoms with van der Waals surface area (Å²) in [7, 11) is 0. The molecule has 2 aromatic carbocycles.